The van der Waals surface area contributed by atoms with Crippen LogP contribution in [0.5, 0.6) is 23.0 Å². The second-order valence-corrected chi connectivity index (χ2v) is 6.65. The summed E-state index contributed by atoms with van der Waals surface area (Å²) >= 11 is 0. The van der Waals surface area contributed by atoms with Gasteiger partial charge in [-0.25, -0.2) is 0 Å². The van der Waals surface area contributed by atoms with Crippen LogP contribution in [0.2, 0.25) is 0 Å². The van der Waals surface area contributed by atoms with Crippen molar-refractivity contribution in [1.82, 2.24) is 0 Å². The normalized spacial score (nSPS) is 27.2. The van der Waals surface area contributed by atoms with Gasteiger partial charge in [0.15, 0.2) is 0 Å². The van der Waals surface area contributed by atoms with Gasteiger partial charge in [0, 0.05) is 17.7 Å². The third-order valence-corrected chi connectivity index (χ3v) is 4.47. The molecule has 1 heterocycles. The molecule has 0 spiro atoms. The maximum Gasteiger partial charge on any atom is 0.229 e. The highest BCUT2D eigenvalue weighted by molar-refractivity contribution is 5.74. The zero-order valence-electron chi connectivity index (χ0n) is 15.2. The number of hydrogen-bond acceptors (Lipinski definition) is 9. The van der Waals surface area contributed by atoms with Crippen LogP contribution in [0.25, 0.3) is 12.2 Å². The lowest BCUT2D eigenvalue weighted by Crippen LogP contribution is -2.60. The van der Waals surface area contributed by atoms with Crippen LogP contribution >= 0.6 is 0 Å². The van der Waals surface area contributed by atoms with Gasteiger partial charge < -0.3 is 45.2 Å². The van der Waals surface area contributed by atoms with E-state index in [1.807, 2.05) is 0 Å². The summed E-state index contributed by atoms with van der Waals surface area (Å²) in [5.74, 6) is -0.270. The van der Waals surface area contributed by atoms with Crippen LogP contribution in [0, 0.1) is 0 Å². The number of ether oxygens (including phenoxy) is 2. The van der Waals surface area contributed by atoms with Crippen LogP contribution in [0.4, 0.5) is 0 Å². The molecule has 0 saturated carbocycles. The third-order valence-electron chi connectivity index (χ3n) is 4.47. The lowest BCUT2D eigenvalue weighted by Gasteiger charge is -2.39. The Bertz CT molecular complexity index is 860. The van der Waals surface area contributed by atoms with Crippen molar-refractivity contribution in [3.8, 4) is 23.0 Å². The Morgan fingerprint density at radius 2 is 1.52 bits per heavy atom. The molecule has 0 aromatic heterocycles. The lowest BCUT2D eigenvalue weighted by atomic mass is 9.99. The molecule has 29 heavy (non-hydrogen) atoms. The van der Waals surface area contributed by atoms with Gasteiger partial charge >= 0.3 is 0 Å². The summed E-state index contributed by atoms with van der Waals surface area (Å²) < 4.78 is 10.9. The molecule has 156 valence electrons. The van der Waals surface area contributed by atoms with Crippen LogP contribution < -0.4 is 4.74 Å². The van der Waals surface area contributed by atoms with Crippen molar-refractivity contribution in [2.75, 3.05) is 6.61 Å². The zero-order chi connectivity index (χ0) is 21.1. The number of phenolic OH excluding ortho intramolecular Hbond substituents is 3. The van der Waals surface area contributed by atoms with E-state index in [1.54, 1.807) is 12.2 Å². The summed E-state index contributed by atoms with van der Waals surface area (Å²) in [6.07, 6.45) is -4.11. The number of hydrogen-bond donors (Lipinski definition) is 7. The van der Waals surface area contributed by atoms with Crippen molar-refractivity contribution in [1.29, 1.82) is 0 Å². The molecule has 1 saturated heterocycles. The van der Waals surface area contributed by atoms with E-state index in [9.17, 15) is 35.7 Å². The maximum atomic E-state index is 10.1. The number of aromatic hydroxyl groups is 3. The smallest absolute Gasteiger partial charge is 0.229 e. The van der Waals surface area contributed by atoms with Crippen molar-refractivity contribution >= 4 is 12.2 Å². The number of rotatable bonds is 5. The predicted octanol–water partition coefficient (Wildman–Crippen LogP) is 0.152. The molecule has 1 aliphatic rings. The van der Waals surface area contributed by atoms with Crippen LogP contribution in [0.1, 0.15) is 11.1 Å². The van der Waals surface area contributed by atoms with Crippen LogP contribution in [-0.2, 0) is 4.74 Å². The molecule has 9 nitrogen and oxygen atoms in total. The standard InChI is InChI=1S/C20H22O9/c21-9-16-17(25)18(26)19(27)20(29-16)28-15-8-12(22)4-3-11(15)2-1-10-5-13(23)7-14(24)6-10/h1-8,16-27H,9H2/b2-1+/t16-,17-,18+,19-,20-/m1/s1. The number of phenols is 3. The SMILES string of the molecule is OC[C@H]1O[C@@H](Oc2cc(O)ccc2/C=C/c2cc(O)cc(O)c2)[C@H](O)[C@@H](O)[C@@H]1O. The van der Waals surface area contributed by atoms with Gasteiger partial charge in [-0.2, -0.15) is 0 Å². The predicted molar refractivity (Wildman–Crippen MR) is 101 cm³/mol. The molecule has 2 aromatic carbocycles. The second-order valence-electron chi connectivity index (χ2n) is 6.65. The van der Waals surface area contributed by atoms with E-state index in [1.165, 1.54) is 36.4 Å². The first kappa shape index (κ1) is 20.9. The quantitative estimate of drug-likeness (QED) is 0.343. The average Bonchev–Trinajstić information content (AvgIpc) is 2.67. The van der Waals surface area contributed by atoms with E-state index in [-0.39, 0.29) is 23.0 Å². The van der Waals surface area contributed by atoms with E-state index in [4.69, 9.17) is 9.47 Å². The highest BCUT2D eigenvalue weighted by Crippen LogP contribution is 2.31. The minimum atomic E-state index is -1.60. The third kappa shape index (κ3) is 4.78. The van der Waals surface area contributed by atoms with Gasteiger partial charge in [0.05, 0.1) is 6.61 Å². The van der Waals surface area contributed by atoms with E-state index in [0.717, 1.165) is 0 Å². The van der Waals surface area contributed by atoms with E-state index >= 15 is 0 Å². The molecule has 0 unspecified atom stereocenters. The van der Waals surface area contributed by atoms with Crippen molar-refractivity contribution in [3.63, 3.8) is 0 Å². The van der Waals surface area contributed by atoms with Gasteiger partial charge in [0.1, 0.15) is 47.4 Å². The van der Waals surface area contributed by atoms with Crippen molar-refractivity contribution in [3.05, 3.63) is 47.5 Å². The molecule has 2 aromatic rings. The molecule has 5 atom stereocenters. The maximum absolute atomic E-state index is 10.1. The first-order valence-electron chi connectivity index (χ1n) is 8.80. The Hall–Kier alpha value is -2.82. The van der Waals surface area contributed by atoms with Gasteiger partial charge in [-0.1, -0.05) is 12.2 Å². The first-order chi connectivity index (χ1) is 13.8. The highest BCUT2D eigenvalue weighted by Gasteiger charge is 2.44. The van der Waals surface area contributed by atoms with Gasteiger partial charge in [0.2, 0.25) is 6.29 Å². The van der Waals surface area contributed by atoms with Gasteiger partial charge in [-0.3, -0.25) is 0 Å². The van der Waals surface area contributed by atoms with Crippen molar-refractivity contribution in [2.24, 2.45) is 0 Å². The molecule has 1 fully saturated rings. The summed E-state index contributed by atoms with van der Waals surface area (Å²) in [7, 11) is 0. The number of benzene rings is 2. The summed E-state index contributed by atoms with van der Waals surface area (Å²) in [6.45, 7) is -0.599. The monoisotopic (exact) mass is 406 g/mol. The molecule has 0 amide bonds. The summed E-state index contributed by atoms with van der Waals surface area (Å²) in [5.41, 5.74) is 0.942. The summed E-state index contributed by atoms with van der Waals surface area (Å²) in [6, 6.07) is 8.23. The van der Waals surface area contributed by atoms with E-state index < -0.39 is 37.3 Å². The second kappa shape index (κ2) is 8.68. The van der Waals surface area contributed by atoms with Crippen molar-refractivity contribution < 1.29 is 45.2 Å². The Labute approximate surface area is 165 Å². The minimum Gasteiger partial charge on any atom is -0.508 e. The molecule has 0 aliphatic carbocycles. The fraction of sp³-hybridized carbons (Fsp3) is 0.300. The Balaban J connectivity index is 1.86. The minimum absolute atomic E-state index is 0.0926. The highest BCUT2D eigenvalue weighted by atomic mass is 16.7. The summed E-state index contributed by atoms with van der Waals surface area (Å²) in [5, 5.41) is 68.1. The largest absolute Gasteiger partial charge is 0.508 e. The van der Waals surface area contributed by atoms with Crippen LogP contribution in [0.15, 0.2) is 36.4 Å². The van der Waals surface area contributed by atoms with Gasteiger partial charge in [-0.15, -0.1) is 0 Å². The Kier molecular flexibility index (Phi) is 6.26. The number of aliphatic hydroxyl groups excluding tert-OH is 4. The molecule has 1 aliphatic heterocycles. The van der Waals surface area contributed by atoms with E-state index in [2.05, 4.69) is 0 Å². The van der Waals surface area contributed by atoms with Gasteiger partial charge in [0.25, 0.3) is 0 Å². The first-order valence-corrected chi connectivity index (χ1v) is 8.80. The van der Waals surface area contributed by atoms with Crippen molar-refractivity contribution in [2.45, 2.75) is 30.7 Å². The van der Waals surface area contributed by atoms with Crippen LogP contribution in [-0.4, -0.2) is 73.1 Å². The molecule has 7 N–H and O–H groups in total. The topological polar surface area (TPSA) is 160 Å². The molecule has 3 rings (SSSR count). The molecule has 9 heteroatoms. The Morgan fingerprint density at radius 3 is 2.17 bits per heavy atom. The van der Waals surface area contributed by atoms with Gasteiger partial charge in [-0.05, 0) is 29.8 Å². The molecule has 0 bridgehead atoms. The molecule has 0 radical (unpaired) electrons. The fourth-order valence-corrected chi connectivity index (χ4v) is 2.95. The summed E-state index contributed by atoms with van der Waals surface area (Å²) in [4.78, 5) is 0. The molecular formula is C20H22O9. The Morgan fingerprint density at radius 1 is 0.828 bits per heavy atom. The van der Waals surface area contributed by atoms with Crippen LogP contribution in [0.3, 0.4) is 0 Å². The fourth-order valence-electron chi connectivity index (χ4n) is 2.95. The molecular weight excluding hydrogens is 384 g/mol. The zero-order valence-corrected chi connectivity index (χ0v) is 15.2. The number of aliphatic hydroxyl groups is 4. The van der Waals surface area contributed by atoms with E-state index in [0.29, 0.717) is 11.1 Å². The lowest BCUT2D eigenvalue weighted by molar-refractivity contribution is -0.277. The average molecular weight is 406 g/mol.